The van der Waals surface area contributed by atoms with Gasteiger partial charge in [0.05, 0.1) is 22.8 Å². The Morgan fingerprint density at radius 3 is 2.56 bits per heavy atom. The largest absolute Gasteiger partial charge is 0.468 e. The summed E-state index contributed by atoms with van der Waals surface area (Å²) >= 11 is 1.82. The lowest BCUT2D eigenvalue weighted by atomic mass is 10.2. The highest BCUT2D eigenvalue weighted by Crippen LogP contribution is 2.30. The van der Waals surface area contributed by atoms with Crippen molar-refractivity contribution in [2.75, 3.05) is 31.1 Å². The molecule has 1 aromatic heterocycles. The van der Waals surface area contributed by atoms with Gasteiger partial charge in [0.2, 0.25) is 10.0 Å². The molecule has 5 nitrogen and oxygen atoms in total. The number of hydrogen-bond acceptors (Lipinski definition) is 5. The summed E-state index contributed by atoms with van der Waals surface area (Å²) in [6, 6.07) is 6.90. The molecule has 0 radical (unpaired) electrons. The van der Waals surface area contributed by atoms with Gasteiger partial charge in [-0.15, -0.1) is 0 Å². The van der Waals surface area contributed by atoms with E-state index in [1.165, 1.54) is 6.26 Å². The number of halogens is 3. The summed E-state index contributed by atoms with van der Waals surface area (Å²) in [6.45, 7) is 1.57. The average Bonchev–Trinajstić information content (AvgIpc) is 3.16. The standard InChI is InChI=1S/C17H19F3N2O3S2/c18-17(19,20)13-3-1-4-14(11-13)27(23,24)21-12-15(16-5-2-8-25-16)22-6-9-26-10-7-22/h1-5,8,11,15,21H,6-7,9-10,12H2/t15-/m1/s1. The van der Waals surface area contributed by atoms with E-state index < -0.39 is 26.7 Å². The van der Waals surface area contributed by atoms with E-state index in [-0.39, 0.29) is 12.6 Å². The number of furan rings is 1. The molecule has 10 heteroatoms. The van der Waals surface area contributed by atoms with Crippen LogP contribution < -0.4 is 4.72 Å². The second kappa shape index (κ2) is 8.26. The van der Waals surface area contributed by atoms with Crippen LogP contribution in [0.2, 0.25) is 0 Å². The normalized spacial score (nSPS) is 17.7. The van der Waals surface area contributed by atoms with Gasteiger partial charge in [-0.1, -0.05) is 6.07 Å². The summed E-state index contributed by atoms with van der Waals surface area (Å²) < 4.78 is 71.5. The Morgan fingerprint density at radius 1 is 1.19 bits per heavy atom. The number of rotatable bonds is 6. The van der Waals surface area contributed by atoms with Gasteiger partial charge < -0.3 is 4.42 Å². The summed E-state index contributed by atoms with van der Waals surface area (Å²) in [5.41, 5.74) is -0.999. The fourth-order valence-corrected chi connectivity index (χ4v) is 4.91. The Morgan fingerprint density at radius 2 is 1.93 bits per heavy atom. The first kappa shape index (κ1) is 20.2. The first-order valence-corrected chi connectivity index (χ1v) is 10.9. The molecule has 1 aromatic carbocycles. The van der Waals surface area contributed by atoms with Gasteiger partial charge in [-0.25, -0.2) is 13.1 Å². The Bertz CT molecular complexity index is 849. The molecule has 1 aliphatic heterocycles. The number of nitrogens with zero attached hydrogens (tertiary/aromatic N) is 1. The van der Waals surface area contributed by atoms with Crippen molar-refractivity contribution in [3.8, 4) is 0 Å². The minimum Gasteiger partial charge on any atom is -0.468 e. The molecule has 0 unspecified atom stereocenters. The molecule has 1 aliphatic rings. The third kappa shape index (κ3) is 5.07. The van der Waals surface area contributed by atoms with Crippen LogP contribution in [0.4, 0.5) is 13.2 Å². The Kier molecular flexibility index (Phi) is 6.19. The van der Waals surface area contributed by atoms with Crippen molar-refractivity contribution >= 4 is 21.8 Å². The van der Waals surface area contributed by atoms with Crippen LogP contribution in [0.25, 0.3) is 0 Å². The van der Waals surface area contributed by atoms with Gasteiger partial charge >= 0.3 is 6.18 Å². The highest BCUT2D eigenvalue weighted by atomic mass is 32.2. The molecule has 0 spiro atoms. The van der Waals surface area contributed by atoms with Gasteiger partial charge in [-0.05, 0) is 30.3 Å². The van der Waals surface area contributed by atoms with Crippen molar-refractivity contribution in [1.82, 2.24) is 9.62 Å². The number of nitrogens with one attached hydrogen (secondary N) is 1. The molecule has 2 heterocycles. The Hall–Kier alpha value is -1.49. The lowest BCUT2D eigenvalue weighted by Crippen LogP contribution is -2.41. The highest BCUT2D eigenvalue weighted by molar-refractivity contribution is 7.99. The quantitative estimate of drug-likeness (QED) is 0.777. The van der Waals surface area contributed by atoms with E-state index in [2.05, 4.69) is 9.62 Å². The average molecular weight is 420 g/mol. The van der Waals surface area contributed by atoms with Crippen molar-refractivity contribution < 1.29 is 26.0 Å². The molecule has 0 bridgehead atoms. The number of thioether (sulfide) groups is 1. The van der Waals surface area contributed by atoms with Crippen molar-refractivity contribution in [2.45, 2.75) is 17.1 Å². The van der Waals surface area contributed by atoms with Crippen LogP contribution in [0, 0.1) is 0 Å². The molecule has 148 valence electrons. The minimum atomic E-state index is -4.60. The minimum absolute atomic E-state index is 0.0107. The summed E-state index contributed by atoms with van der Waals surface area (Å²) in [7, 11) is -4.09. The zero-order valence-electron chi connectivity index (χ0n) is 14.3. The van der Waals surface area contributed by atoms with Gasteiger partial charge in [0.15, 0.2) is 0 Å². The van der Waals surface area contributed by atoms with Crippen LogP contribution >= 0.6 is 11.8 Å². The highest BCUT2D eigenvalue weighted by Gasteiger charge is 2.32. The Balaban J connectivity index is 1.78. The predicted molar refractivity (Wildman–Crippen MR) is 97.0 cm³/mol. The maximum atomic E-state index is 12.9. The Labute approximate surface area is 160 Å². The molecule has 0 amide bonds. The molecule has 1 atom stereocenters. The van der Waals surface area contributed by atoms with E-state index in [4.69, 9.17) is 4.42 Å². The molecule has 0 aliphatic carbocycles. The van der Waals surface area contributed by atoms with Crippen LogP contribution in [0.15, 0.2) is 52.0 Å². The van der Waals surface area contributed by atoms with Crippen molar-refractivity contribution in [2.24, 2.45) is 0 Å². The summed E-state index contributed by atoms with van der Waals surface area (Å²) in [6.07, 6.45) is -3.09. The van der Waals surface area contributed by atoms with E-state index in [1.807, 2.05) is 11.8 Å². The molecule has 0 saturated carbocycles. The van der Waals surface area contributed by atoms with E-state index >= 15 is 0 Å². The zero-order chi connectivity index (χ0) is 19.5. The van der Waals surface area contributed by atoms with Crippen molar-refractivity contribution in [3.63, 3.8) is 0 Å². The smallest absolute Gasteiger partial charge is 0.416 e. The van der Waals surface area contributed by atoms with Gasteiger partial charge in [0, 0.05) is 31.1 Å². The number of sulfonamides is 1. The van der Waals surface area contributed by atoms with E-state index in [9.17, 15) is 21.6 Å². The maximum absolute atomic E-state index is 12.9. The predicted octanol–water partition coefficient (Wildman–Crippen LogP) is 3.37. The van der Waals surface area contributed by atoms with E-state index in [1.54, 1.807) is 12.1 Å². The molecule has 27 heavy (non-hydrogen) atoms. The summed E-state index contributed by atoms with van der Waals surface area (Å²) in [5, 5.41) is 0. The van der Waals surface area contributed by atoms with Gasteiger partial charge in [0.1, 0.15) is 5.76 Å². The summed E-state index contributed by atoms with van der Waals surface area (Å²) in [5.74, 6) is 2.48. The molecule has 1 saturated heterocycles. The van der Waals surface area contributed by atoms with Gasteiger partial charge in [-0.2, -0.15) is 24.9 Å². The topological polar surface area (TPSA) is 62.6 Å². The third-order valence-corrected chi connectivity index (χ3v) is 6.66. The zero-order valence-corrected chi connectivity index (χ0v) is 15.9. The van der Waals surface area contributed by atoms with Crippen molar-refractivity contribution in [1.29, 1.82) is 0 Å². The molecular formula is C17H19F3N2O3S2. The van der Waals surface area contributed by atoms with Crippen LogP contribution in [0.5, 0.6) is 0 Å². The van der Waals surface area contributed by atoms with Gasteiger partial charge in [-0.3, -0.25) is 4.90 Å². The van der Waals surface area contributed by atoms with E-state index in [0.717, 1.165) is 42.8 Å². The molecular weight excluding hydrogens is 401 g/mol. The van der Waals surface area contributed by atoms with Crippen molar-refractivity contribution in [3.05, 3.63) is 54.0 Å². The van der Waals surface area contributed by atoms with Crippen LogP contribution in [0.1, 0.15) is 17.4 Å². The maximum Gasteiger partial charge on any atom is 0.416 e. The number of benzene rings is 1. The third-order valence-electron chi connectivity index (χ3n) is 4.30. The van der Waals surface area contributed by atoms with Crippen LogP contribution in [-0.4, -0.2) is 44.5 Å². The first-order valence-electron chi connectivity index (χ1n) is 8.29. The fraction of sp³-hybridized carbons (Fsp3) is 0.412. The SMILES string of the molecule is O=S(=O)(NC[C@H](c1ccco1)N1CCSCC1)c1cccc(C(F)(F)F)c1. The molecule has 1 fully saturated rings. The second-order valence-corrected chi connectivity index (χ2v) is 9.05. The number of hydrogen-bond donors (Lipinski definition) is 1. The summed E-state index contributed by atoms with van der Waals surface area (Å²) in [4.78, 5) is 1.70. The van der Waals surface area contributed by atoms with Gasteiger partial charge in [0.25, 0.3) is 0 Å². The lowest BCUT2D eigenvalue weighted by Gasteiger charge is -2.33. The molecule has 1 N–H and O–H groups in total. The lowest BCUT2D eigenvalue weighted by molar-refractivity contribution is -0.137. The van der Waals surface area contributed by atoms with E-state index in [0.29, 0.717) is 11.8 Å². The van der Waals surface area contributed by atoms with Crippen LogP contribution in [-0.2, 0) is 16.2 Å². The second-order valence-electron chi connectivity index (χ2n) is 6.06. The van der Waals surface area contributed by atoms with Crippen LogP contribution in [0.3, 0.4) is 0 Å². The fourth-order valence-electron chi connectivity index (χ4n) is 2.89. The number of alkyl halides is 3. The molecule has 3 rings (SSSR count). The monoisotopic (exact) mass is 420 g/mol. The molecule has 2 aromatic rings. The first-order chi connectivity index (χ1) is 12.8.